The highest BCUT2D eigenvalue weighted by atomic mass is 16.6. The molecule has 0 spiro atoms. The lowest BCUT2D eigenvalue weighted by Crippen LogP contribution is -2.57. The van der Waals surface area contributed by atoms with Crippen LogP contribution in [0.4, 0.5) is 9.59 Å². The number of rotatable bonds is 3. The van der Waals surface area contributed by atoms with Gasteiger partial charge in [-0.3, -0.25) is 4.79 Å². The number of likely N-dealkylation sites (tertiary alicyclic amines) is 1. The summed E-state index contributed by atoms with van der Waals surface area (Å²) in [7, 11) is 0. The number of carbonyl (C=O) groups is 3. The van der Waals surface area contributed by atoms with Crippen LogP contribution in [0.2, 0.25) is 0 Å². The fourth-order valence-corrected chi connectivity index (χ4v) is 6.14. The van der Waals surface area contributed by atoms with Crippen LogP contribution in [0.5, 0.6) is 0 Å². The topological polar surface area (TPSA) is 105 Å². The zero-order chi connectivity index (χ0) is 21.0. The van der Waals surface area contributed by atoms with Crippen molar-refractivity contribution in [3.8, 4) is 0 Å². The Labute approximate surface area is 171 Å². The lowest BCUT2D eigenvalue weighted by molar-refractivity contribution is -0.179. The maximum absolute atomic E-state index is 12.8. The van der Waals surface area contributed by atoms with E-state index in [4.69, 9.17) is 9.47 Å². The third-order valence-corrected chi connectivity index (χ3v) is 7.04. The molecule has 1 aliphatic heterocycles. The summed E-state index contributed by atoms with van der Waals surface area (Å²) in [5, 5.41) is 12.5. The fraction of sp³-hybridized carbons (Fsp3) is 0.857. The van der Waals surface area contributed by atoms with Crippen LogP contribution in [0, 0.1) is 23.2 Å². The summed E-state index contributed by atoms with van der Waals surface area (Å²) in [5.74, 6) is 0.0733. The second-order valence-electron chi connectivity index (χ2n) is 10.5. The molecule has 8 nitrogen and oxygen atoms in total. The van der Waals surface area contributed by atoms with Crippen LogP contribution in [-0.2, 0) is 14.3 Å². The number of amides is 2. The average molecular weight is 408 g/mol. The van der Waals surface area contributed by atoms with Crippen molar-refractivity contribution in [1.82, 2.24) is 10.2 Å². The molecule has 5 rings (SSSR count). The van der Waals surface area contributed by atoms with E-state index < -0.39 is 23.1 Å². The molecule has 5 fully saturated rings. The third-order valence-electron chi connectivity index (χ3n) is 7.04. The van der Waals surface area contributed by atoms with Crippen LogP contribution in [0.25, 0.3) is 0 Å². The summed E-state index contributed by atoms with van der Waals surface area (Å²) >= 11 is 0. The highest BCUT2D eigenvalue weighted by Crippen LogP contribution is 2.60. The number of carboxylic acid groups (broad SMARTS) is 1. The number of alkyl carbamates (subject to hydrolysis) is 1. The summed E-state index contributed by atoms with van der Waals surface area (Å²) < 4.78 is 11.2. The van der Waals surface area contributed by atoms with Gasteiger partial charge in [0.05, 0.1) is 11.5 Å². The minimum absolute atomic E-state index is 0.147. The van der Waals surface area contributed by atoms with Crippen LogP contribution in [0.3, 0.4) is 0 Å². The molecule has 2 N–H and O–H groups in total. The molecule has 5 aliphatic rings. The lowest BCUT2D eigenvalue weighted by Gasteiger charge is -2.57. The van der Waals surface area contributed by atoms with E-state index in [-0.39, 0.29) is 30.1 Å². The second kappa shape index (κ2) is 7.06. The molecule has 8 heteroatoms. The quantitative estimate of drug-likeness (QED) is 0.744. The van der Waals surface area contributed by atoms with Gasteiger partial charge >= 0.3 is 18.2 Å². The molecular weight excluding hydrogens is 376 g/mol. The smallest absolute Gasteiger partial charge is 0.410 e. The van der Waals surface area contributed by atoms with E-state index in [0.29, 0.717) is 38.3 Å². The minimum Gasteiger partial charge on any atom is -0.481 e. The van der Waals surface area contributed by atoms with Crippen LogP contribution < -0.4 is 5.32 Å². The Morgan fingerprint density at radius 3 is 2.34 bits per heavy atom. The number of nitrogens with one attached hydrogen (secondary N) is 1. The zero-order valence-electron chi connectivity index (χ0n) is 17.5. The molecule has 3 unspecified atom stereocenters. The normalized spacial score (nSPS) is 38.0. The number of nitrogens with zero attached hydrogens (tertiary/aromatic N) is 1. The van der Waals surface area contributed by atoms with Crippen molar-refractivity contribution in [3.05, 3.63) is 0 Å². The molecule has 4 saturated carbocycles. The average Bonchev–Trinajstić information content (AvgIpc) is 3.04. The van der Waals surface area contributed by atoms with Gasteiger partial charge in [-0.05, 0) is 77.0 Å². The Morgan fingerprint density at radius 2 is 1.76 bits per heavy atom. The third kappa shape index (κ3) is 4.03. The highest BCUT2D eigenvalue weighted by molar-refractivity contribution is 5.75. The number of aliphatic carboxylic acids is 1. The summed E-state index contributed by atoms with van der Waals surface area (Å²) in [6.45, 7) is 6.37. The first-order valence-electron chi connectivity index (χ1n) is 10.7. The Kier molecular flexibility index (Phi) is 4.94. The van der Waals surface area contributed by atoms with Gasteiger partial charge in [0.1, 0.15) is 11.7 Å². The van der Waals surface area contributed by atoms with Gasteiger partial charge in [0.25, 0.3) is 0 Å². The number of ether oxygens (including phenoxy) is 2. The maximum atomic E-state index is 12.8. The molecule has 1 saturated heterocycles. The standard InChI is InChI=1S/C21H32N2O6/c1-20(2,3)29-18(26)22-15-4-5-23(11-15)19(27)28-16-13-6-12-7-14(16)10-21(8-12,9-13)17(24)25/h12-16H,4-11H2,1-3H3,(H,22,26)(H,24,25). The van der Waals surface area contributed by atoms with Gasteiger partial charge in [0.2, 0.25) is 0 Å². The molecule has 162 valence electrons. The molecule has 0 radical (unpaired) electrons. The number of hydrogen-bond donors (Lipinski definition) is 2. The maximum Gasteiger partial charge on any atom is 0.410 e. The second-order valence-corrected chi connectivity index (χ2v) is 10.5. The van der Waals surface area contributed by atoms with Crippen LogP contribution in [0.15, 0.2) is 0 Å². The highest BCUT2D eigenvalue weighted by Gasteiger charge is 2.60. The van der Waals surface area contributed by atoms with E-state index in [9.17, 15) is 19.5 Å². The monoisotopic (exact) mass is 408 g/mol. The van der Waals surface area contributed by atoms with Gasteiger partial charge in [-0.2, -0.15) is 0 Å². The van der Waals surface area contributed by atoms with E-state index >= 15 is 0 Å². The van der Waals surface area contributed by atoms with E-state index in [1.165, 1.54) is 0 Å². The van der Waals surface area contributed by atoms with Crippen LogP contribution in [-0.4, -0.2) is 59.0 Å². The van der Waals surface area contributed by atoms with Crippen molar-refractivity contribution in [2.24, 2.45) is 23.2 Å². The fourth-order valence-electron chi connectivity index (χ4n) is 6.14. The van der Waals surface area contributed by atoms with Gasteiger partial charge < -0.3 is 24.8 Å². The minimum atomic E-state index is -0.683. The van der Waals surface area contributed by atoms with Gasteiger partial charge in [-0.15, -0.1) is 0 Å². The molecule has 3 atom stereocenters. The van der Waals surface area contributed by atoms with Gasteiger partial charge in [0.15, 0.2) is 0 Å². The predicted molar refractivity (Wildman–Crippen MR) is 103 cm³/mol. The molecule has 4 bridgehead atoms. The first kappa shape index (κ1) is 20.3. The zero-order valence-corrected chi connectivity index (χ0v) is 17.5. The van der Waals surface area contributed by atoms with Crippen molar-refractivity contribution in [1.29, 1.82) is 0 Å². The first-order valence-corrected chi connectivity index (χ1v) is 10.7. The summed E-state index contributed by atoms with van der Waals surface area (Å²) in [5.41, 5.74) is -1.16. The van der Waals surface area contributed by atoms with Gasteiger partial charge in [-0.1, -0.05) is 0 Å². The lowest BCUT2D eigenvalue weighted by atomic mass is 9.48. The van der Waals surface area contributed by atoms with E-state index in [2.05, 4.69) is 5.32 Å². The van der Waals surface area contributed by atoms with Crippen molar-refractivity contribution >= 4 is 18.2 Å². The Hall–Kier alpha value is -1.99. The Bertz CT molecular complexity index is 686. The van der Waals surface area contributed by atoms with E-state index in [1.807, 2.05) is 20.8 Å². The van der Waals surface area contributed by atoms with Crippen LogP contribution in [0.1, 0.15) is 59.3 Å². The van der Waals surface area contributed by atoms with Crippen molar-refractivity contribution < 1.29 is 29.0 Å². The SMILES string of the molecule is CC(C)(C)OC(=O)NC1CCN(C(=O)OC2C3CC4CC2CC(C(=O)O)(C4)C3)C1. The van der Waals surface area contributed by atoms with Crippen molar-refractivity contribution in [2.75, 3.05) is 13.1 Å². The summed E-state index contributed by atoms with van der Waals surface area (Å²) in [6.07, 6.45) is 3.61. The first-order chi connectivity index (χ1) is 13.5. The van der Waals surface area contributed by atoms with Crippen molar-refractivity contribution in [3.63, 3.8) is 0 Å². The summed E-state index contributed by atoms with van der Waals surface area (Å²) in [4.78, 5) is 38.2. The predicted octanol–water partition coefficient (Wildman–Crippen LogP) is 3.00. The number of carboxylic acids is 1. The molecule has 2 amide bonds. The largest absolute Gasteiger partial charge is 0.481 e. The molecule has 0 aromatic rings. The molecular formula is C21H32N2O6. The molecule has 0 aromatic heterocycles. The molecule has 1 heterocycles. The van der Waals surface area contributed by atoms with Crippen LogP contribution >= 0.6 is 0 Å². The van der Waals surface area contributed by atoms with E-state index in [0.717, 1.165) is 19.3 Å². The Morgan fingerprint density at radius 1 is 1.10 bits per heavy atom. The molecule has 4 aliphatic carbocycles. The number of hydrogen-bond acceptors (Lipinski definition) is 5. The summed E-state index contributed by atoms with van der Waals surface area (Å²) in [6, 6.07) is -0.147. The molecule has 0 aromatic carbocycles. The molecule has 29 heavy (non-hydrogen) atoms. The van der Waals surface area contributed by atoms with E-state index in [1.54, 1.807) is 4.90 Å². The van der Waals surface area contributed by atoms with Crippen molar-refractivity contribution in [2.45, 2.75) is 77.0 Å². The van der Waals surface area contributed by atoms with Gasteiger partial charge in [-0.25, -0.2) is 9.59 Å². The Balaban J connectivity index is 1.31. The number of carbonyl (C=O) groups excluding carboxylic acids is 2. The van der Waals surface area contributed by atoms with Gasteiger partial charge in [0, 0.05) is 13.1 Å².